The summed E-state index contributed by atoms with van der Waals surface area (Å²) >= 11 is 1.24. The maximum atomic E-state index is 12.4. The third kappa shape index (κ3) is 3.78. The van der Waals surface area contributed by atoms with E-state index in [4.69, 9.17) is 0 Å². The van der Waals surface area contributed by atoms with Crippen LogP contribution in [0.2, 0.25) is 0 Å². The van der Waals surface area contributed by atoms with Gasteiger partial charge in [0.25, 0.3) is 10.0 Å². The Morgan fingerprint density at radius 1 is 1.33 bits per heavy atom. The molecule has 0 fully saturated rings. The van der Waals surface area contributed by atoms with Gasteiger partial charge in [0.15, 0.2) is 0 Å². The Kier molecular flexibility index (Phi) is 4.92. The van der Waals surface area contributed by atoms with E-state index < -0.39 is 10.0 Å². The van der Waals surface area contributed by atoms with Crippen LogP contribution in [0.15, 0.2) is 29.2 Å². The number of hydrogen-bond donors (Lipinski definition) is 2. The number of aromatic nitrogens is 2. The zero-order valence-corrected chi connectivity index (χ0v) is 13.8. The van der Waals surface area contributed by atoms with Gasteiger partial charge in [-0.2, -0.15) is 0 Å². The number of nitrogens with one attached hydrogen (secondary N) is 2. The lowest BCUT2D eigenvalue weighted by Crippen LogP contribution is -2.15. The summed E-state index contributed by atoms with van der Waals surface area (Å²) in [6.45, 7) is 3.92. The van der Waals surface area contributed by atoms with Gasteiger partial charge in [-0.1, -0.05) is 30.4 Å². The molecule has 0 saturated heterocycles. The van der Waals surface area contributed by atoms with Crippen molar-refractivity contribution < 1.29 is 8.42 Å². The van der Waals surface area contributed by atoms with Gasteiger partial charge in [0, 0.05) is 6.04 Å². The average Bonchev–Trinajstić information content (AvgIpc) is 2.93. The summed E-state index contributed by atoms with van der Waals surface area (Å²) in [5.74, 6) is 0. The van der Waals surface area contributed by atoms with Crippen LogP contribution in [0.5, 0.6) is 0 Å². The van der Waals surface area contributed by atoms with Crippen LogP contribution in [0.3, 0.4) is 0 Å². The molecule has 1 unspecified atom stereocenters. The molecule has 6 nitrogen and oxygen atoms in total. The minimum absolute atomic E-state index is 0.0772. The first-order chi connectivity index (χ1) is 9.96. The molecule has 1 heterocycles. The van der Waals surface area contributed by atoms with Crippen LogP contribution >= 0.6 is 11.3 Å². The summed E-state index contributed by atoms with van der Waals surface area (Å²) < 4.78 is 27.2. The minimum atomic E-state index is -3.64. The summed E-state index contributed by atoms with van der Waals surface area (Å²) in [7, 11) is -1.81. The van der Waals surface area contributed by atoms with Crippen molar-refractivity contribution in [2.75, 3.05) is 11.8 Å². The van der Waals surface area contributed by atoms with Crippen LogP contribution in [0.4, 0.5) is 5.13 Å². The van der Waals surface area contributed by atoms with Crippen molar-refractivity contribution in [2.24, 2.45) is 0 Å². The molecule has 21 heavy (non-hydrogen) atoms. The molecule has 1 atom stereocenters. The lowest BCUT2D eigenvalue weighted by molar-refractivity contribution is 0.600. The Morgan fingerprint density at radius 2 is 2.10 bits per heavy atom. The van der Waals surface area contributed by atoms with E-state index in [9.17, 15) is 8.42 Å². The van der Waals surface area contributed by atoms with Gasteiger partial charge < -0.3 is 5.32 Å². The standard InChI is InChI=1S/C13H18N4O2S2/c1-4-12-15-16-13(20-12)17-21(18,19)11-7-5-6-10(8-11)9(2)14-3/h5-9,14H,4H2,1-3H3,(H,16,17). The molecule has 1 aromatic carbocycles. The highest BCUT2D eigenvalue weighted by atomic mass is 32.2. The molecule has 0 aliphatic carbocycles. The lowest BCUT2D eigenvalue weighted by atomic mass is 10.1. The molecule has 0 aliphatic rings. The molecule has 8 heteroatoms. The molecule has 0 bridgehead atoms. The molecule has 1 aromatic heterocycles. The van der Waals surface area contributed by atoms with Crippen LogP contribution < -0.4 is 10.0 Å². The Morgan fingerprint density at radius 3 is 2.71 bits per heavy atom. The fourth-order valence-electron chi connectivity index (χ4n) is 1.73. The Hall–Kier alpha value is -1.51. The molecular formula is C13H18N4O2S2. The Labute approximate surface area is 128 Å². The van der Waals surface area contributed by atoms with Gasteiger partial charge in [0.2, 0.25) is 5.13 Å². The van der Waals surface area contributed by atoms with Crippen molar-refractivity contribution in [1.29, 1.82) is 0 Å². The number of rotatable bonds is 6. The van der Waals surface area contributed by atoms with Crippen LogP contribution in [-0.2, 0) is 16.4 Å². The predicted octanol–water partition coefficient (Wildman–Crippen LogP) is 2.18. The fourth-order valence-corrected chi connectivity index (χ4v) is 3.69. The highest BCUT2D eigenvalue weighted by Crippen LogP contribution is 2.22. The minimum Gasteiger partial charge on any atom is -0.313 e. The third-order valence-electron chi connectivity index (χ3n) is 3.09. The van der Waals surface area contributed by atoms with Gasteiger partial charge in [-0.25, -0.2) is 8.42 Å². The summed E-state index contributed by atoms with van der Waals surface area (Å²) in [6, 6.07) is 6.92. The van der Waals surface area contributed by atoms with E-state index in [0.717, 1.165) is 17.0 Å². The molecule has 0 aliphatic heterocycles. The normalized spacial score (nSPS) is 13.1. The van der Waals surface area contributed by atoms with Crippen LogP contribution in [-0.4, -0.2) is 25.7 Å². The Bertz CT molecular complexity index is 712. The molecule has 2 N–H and O–H groups in total. The van der Waals surface area contributed by atoms with E-state index in [1.165, 1.54) is 11.3 Å². The van der Waals surface area contributed by atoms with E-state index in [1.54, 1.807) is 18.2 Å². The van der Waals surface area contributed by atoms with E-state index in [1.807, 2.05) is 27.0 Å². The van der Waals surface area contributed by atoms with E-state index >= 15 is 0 Å². The molecular weight excluding hydrogens is 308 g/mol. The molecule has 2 aromatic rings. The first-order valence-corrected chi connectivity index (χ1v) is 8.88. The average molecular weight is 326 g/mol. The number of hydrogen-bond acceptors (Lipinski definition) is 6. The topological polar surface area (TPSA) is 84.0 Å². The van der Waals surface area contributed by atoms with Gasteiger partial charge >= 0.3 is 0 Å². The van der Waals surface area contributed by atoms with Crippen molar-refractivity contribution in [3.05, 3.63) is 34.8 Å². The van der Waals surface area contributed by atoms with Crippen LogP contribution in [0.1, 0.15) is 30.5 Å². The fraction of sp³-hybridized carbons (Fsp3) is 0.385. The van der Waals surface area contributed by atoms with Gasteiger partial charge in [0.1, 0.15) is 5.01 Å². The number of anilines is 1. The van der Waals surface area contributed by atoms with Crippen molar-refractivity contribution in [2.45, 2.75) is 31.2 Å². The number of benzene rings is 1. The molecule has 0 radical (unpaired) electrons. The first kappa shape index (κ1) is 15.9. The van der Waals surface area contributed by atoms with Crippen LogP contribution in [0.25, 0.3) is 0 Å². The first-order valence-electron chi connectivity index (χ1n) is 6.58. The molecule has 0 saturated carbocycles. The van der Waals surface area contributed by atoms with Crippen molar-refractivity contribution in [3.63, 3.8) is 0 Å². The number of nitrogens with zero attached hydrogens (tertiary/aromatic N) is 2. The van der Waals surface area contributed by atoms with Gasteiger partial charge in [-0.15, -0.1) is 10.2 Å². The molecule has 114 valence electrons. The third-order valence-corrected chi connectivity index (χ3v) is 5.54. The second-order valence-corrected chi connectivity index (χ2v) is 7.29. The molecule has 0 amide bonds. The van der Waals surface area contributed by atoms with Crippen LogP contribution in [0, 0.1) is 0 Å². The van der Waals surface area contributed by atoms with E-state index in [-0.39, 0.29) is 10.9 Å². The van der Waals surface area contributed by atoms with Crippen molar-refractivity contribution in [1.82, 2.24) is 15.5 Å². The van der Waals surface area contributed by atoms with E-state index in [0.29, 0.717) is 5.13 Å². The second kappa shape index (κ2) is 6.50. The zero-order valence-electron chi connectivity index (χ0n) is 12.1. The van der Waals surface area contributed by atoms with E-state index in [2.05, 4.69) is 20.2 Å². The summed E-state index contributed by atoms with van der Waals surface area (Å²) in [5.41, 5.74) is 0.909. The molecule has 0 spiro atoms. The van der Waals surface area contributed by atoms with Gasteiger partial charge in [0.05, 0.1) is 4.90 Å². The van der Waals surface area contributed by atoms with Crippen molar-refractivity contribution in [3.8, 4) is 0 Å². The summed E-state index contributed by atoms with van der Waals surface area (Å²) in [5, 5.41) is 11.9. The maximum absolute atomic E-state index is 12.4. The maximum Gasteiger partial charge on any atom is 0.263 e. The SMILES string of the molecule is CCc1nnc(NS(=O)(=O)c2cccc(C(C)NC)c2)s1. The highest BCUT2D eigenvalue weighted by molar-refractivity contribution is 7.93. The summed E-state index contributed by atoms with van der Waals surface area (Å²) in [4.78, 5) is 0.218. The number of aryl methyl sites for hydroxylation is 1. The quantitative estimate of drug-likeness (QED) is 0.850. The second-order valence-electron chi connectivity index (χ2n) is 4.54. The van der Waals surface area contributed by atoms with Gasteiger partial charge in [-0.05, 0) is 38.1 Å². The zero-order chi connectivity index (χ0) is 15.5. The van der Waals surface area contributed by atoms with Gasteiger partial charge in [-0.3, -0.25) is 4.72 Å². The Balaban J connectivity index is 2.26. The highest BCUT2D eigenvalue weighted by Gasteiger charge is 2.17. The lowest BCUT2D eigenvalue weighted by Gasteiger charge is -2.12. The molecule has 2 rings (SSSR count). The number of sulfonamides is 1. The smallest absolute Gasteiger partial charge is 0.263 e. The monoisotopic (exact) mass is 326 g/mol. The predicted molar refractivity (Wildman–Crippen MR) is 84.0 cm³/mol. The summed E-state index contributed by atoms with van der Waals surface area (Å²) in [6.07, 6.45) is 0.731. The largest absolute Gasteiger partial charge is 0.313 e. The van der Waals surface area contributed by atoms with Crippen molar-refractivity contribution >= 4 is 26.5 Å².